The third kappa shape index (κ3) is 15.3. The summed E-state index contributed by atoms with van der Waals surface area (Å²) in [4.78, 5) is 13.1. The molecule has 2 N–H and O–H groups in total. The van der Waals surface area contributed by atoms with Gasteiger partial charge in [-0.15, -0.1) is 12.8 Å². The number of carbonyl (C=O) groups is 1. The highest BCUT2D eigenvalue weighted by Crippen LogP contribution is 2.37. The number of terminal acetylenes is 1. The molecule has 1 heterocycles. The molecule has 0 aliphatic carbocycles. The summed E-state index contributed by atoms with van der Waals surface area (Å²) < 4.78 is 79.7. The van der Waals surface area contributed by atoms with Crippen molar-refractivity contribution >= 4 is 6.03 Å². The summed E-state index contributed by atoms with van der Waals surface area (Å²) in [5.41, 5.74) is -2.84. The zero-order valence-corrected chi connectivity index (χ0v) is 23.4. The van der Waals surface area contributed by atoms with Crippen LogP contribution in [0.1, 0.15) is 63.3 Å². The van der Waals surface area contributed by atoms with E-state index < -0.39 is 29.6 Å². The summed E-state index contributed by atoms with van der Waals surface area (Å²) in [6.45, 7) is 10.1. The number of rotatable bonds is 8. The quantitative estimate of drug-likeness (QED) is 0.199. The van der Waals surface area contributed by atoms with Gasteiger partial charge in [0.15, 0.2) is 0 Å². The van der Waals surface area contributed by atoms with Gasteiger partial charge in [0, 0.05) is 32.8 Å². The Morgan fingerprint density at radius 2 is 1.62 bits per heavy atom. The molecule has 2 unspecified atom stereocenters. The normalized spacial score (nSPS) is 14.9. The molecule has 11 heteroatoms. The second kappa shape index (κ2) is 20.0. The molecule has 5 nitrogen and oxygen atoms in total. The molecule has 2 amide bonds. The fourth-order valence-corrected chi connectivity index (χ4v) is 3.22. The van der Waals surface area contributed by atoms with Crippen molar-refractivity contribution in [3.05, 3.63) is 59.2 Å². The maximum atomic E-state index is 12.5. The summed E-state index contributed by atoms with van der Waals surface area (Å²) in [6.07, 6.45) is 7.86. The van der Waals surface area contributed by atoms with Crippen LogP contribution in [0, 0.1) is 12.8 Å². The summed E-state index contributed by atoms with van der Waals surface area (Å²) >= 11 is 0. The number of amides is 2. The lowest BCUT2D eigenvalue weighted by atomic mass is 10.0. The van der Waals surface area contributed by atoms with Crippen LogP contribution in [0.15, 0.2) is 42.5 Å². The van der Waals surface area contributed by atoms with Crippen LogP contribution in [0.5, 0.6) is 0 Å². The largest absolute Gasteiger partial charge is 0.416 e. The van der Waals surface area contributed by atoms with E-state index in [1.54, 1.807) is 0 Å². The molecule has 1 aromatic rings. The van der Waals surface area contributed by atoms with Crippen LogP contribution in [0.4, 0.5) is 31.1 Å². The molecule has 222 valence electrons. The van der Waals surface area contributed by atoms with Gasteiger partial charge in [0.1, 0.15) is 0 Å². The molecule has 0 aromatic heterocycles. The molecule has 0 radical (unpaired) electrons. The number of nitrogens with one attached hydrogen (secondary N) is 2. The van der Waals surface area contributed by atoms with Gasteiger partial charge < -0.3 is 20.3 Å². The Kier molecular flexibility index (Phi) is 19.6. The lowest BCUT2D eigenvalue weighted by molar-refractivity contribution is -0.143. The van der Waals surface area contributed by atoms with Crippen molar-refractivity contribution in [2.24, 2.45) is 0 Å². The van der Waals surface area contributed by atoms with Crippen LogP contribution in [-0.2, 0) is 17.1 Å². The molecule has 1 saturated heterocycles. The van der Waals surface area contributed by atoms with Gasteiger partial charge in [-0.1, -0.05) is 38.2 Å². The first kappa shape index (κ1) is 38.2. The smallest absolute Gasteiger partial charge is 0.377 e. The zero-order valence-electron chi connectivity index (χ0n) is 23.4. The molecule has 0 bridgehead atoms. The monoisotopic (exact) mass is 565 g/mol. The fraction of sp³-hybridized carbons (Fsp3) is 0.536. The number of hydrogen-bond donors (Lipinski definition) is 2. The van der Waals surface area contributed by atoms with E-state index in [2.05, 4.69) is 49.5 Å². The van der Waals surface area contributed by atoms with Crippen LogP contribution in [-0.4, -0.2) is 50.8 Å². The second-order valence-electron chi connectivity index (χ2n) is 8.12. The van der Waals surface area contributed by atoms with Gasteiger partial charge in [-0.25, -0.2) is 4.79 Å². The van der Waals surface area contributed by atoms with Crippen LogP contribution >= 0.6 is 0 Å². The van der Waals surface area contributed by atoms with E-state index in [1.807, 2.05) is 31.0 Å². The van der Waals surface area contributed by atoms with Gasteiger partial charge >= 0.3 is 18.4 Å². The standard InChI is InChI=1S/C11H10F6O.C8H17N3O.C7H12.C2H2/c1-6(18-2)7-3-8(10(12,13)14)5-9(4-7)11(15,16)17;1-3-7(6-9-2)11-5-4-10-8(11)12;1-3-5-7-6-4-2;1-2/h3-6H,1-2H3;7,9H,3-6H2,1-2H3,(H,10,12);3,5-7H,4H2,1-2H3;1-2H/b;;5-3-,7-6-;. The number of methoxy groups -OCH3 is 1. The molecule has 2 rings (SSSR count). The number of halogens is 6. The van der Waals surface area contributed by atoms with Gasteiger partial charge in [-0.05, 0) is 57.5 Å². The molecular weight excluding hydrogens is 524 g/mol. The van der Waals surface area contributed by atoms with Crippen LogP contribution in [0.2, 0.25) is 0 Å². The third-order valence-corrected chi connectivity index (χ3v) is 5.35. The predicted molar refractivity (Wildman–Crippen MR) is 144 cm³/mol. The number of carbonyl (C=O) groups excluding carboxylic acids is 1. The van der Waals surface area contributed by atoms with Crippen molar-refractivity contribution in [1.82, 2.24) is 15.5 Å². The molecule has 1 aromatic carbocycles. The number of likely N-dealkylation sites (N-methyl/N-ethyl adjacent to an activating group) is 1. The first-order valence-corrected chi connectivity index (χ1v) is 12.4. The highest BCUT2D eigenvalue weighted by Gasteiger charge is 2.37. The van der Waals surface area contributed by atoms with Crippen LogP contribution in [0.3, 0.4) is 0 Å². The van der Waals surface area contributed by atoms with Crippen molar-refractivity contribution in [2.75, 3.05) is 33.8 Å². The number of nitrogens with zero attached hydrogens (tertiary/aromatic N) is 1. The predicted octanol–water partition coefficient (Wildman–Crippen LogP) is 7.22. The molecule has 0 spiro atoms. The Morgan fingerprint density at radius 1 is 1.08 bits per heavy atom. The second-order valence-corrected chi connectivity index (χ2v) is 8.12. The highest BCUT2D eigenvalue weighted by atomic mass is 19.4. The Morgan fingerprint density at radius 3 is 1.95 bits per heavy atom. The summed E-state index contributed by atoms with van der Waals surface area (Å²) in [7, 11) is 3.12. The zero-order chi connectivity index (χ0) is 30.6. The first-order valence-electron chi connectivity index (χ1n) is 12.4. The summed E-state index contributed by atoms with van der Waals surface area (Å²) in [6, 6.07) is 1.83. The molecule has 1 aliphatic rings. The number of allylic oxidation sites excluding steroid dienone is 4. The number of alkyl halides is 6. The van der Waals surface area contributed by atoms with Crippen molar-refractivity contribution in [3.8, 4) is 12.8 Å². The van der Waals surface area contributed by atoms with Gasteiger partial charge in [0.2, 0.25) is 0 Å². The topological polar surface area (TPSA) is 53.6 Å². The minimum absolute atomic E-state index is 0.0806. The van der Waals surface area contributed by atoms with Crippen LogP contribution < -0.4 is 10.6 Å². The highest BCUT2D eigenvalue weighted by molar-refractivity contribution is 5.76. The van der Waals surface area contributed by atoms with E-state index in [-0.39, 0.29) is 17.7 Å². The number of hydrogen-bond acceptors (Lipinski definition) is 3. The van der Waals surface area contributed by atoms with E-state index in [0.717, 1.165) is 32.5 Å². The van der Waals surface area contributed by atoms with Crippen molar-refractivity contribution in [3.63, 3.8) is 0 Å². The van der Waals surface area contributed by atoms with E-state index in [4.69, 9.17) is 4.74 Å². The summed E-state index contributed by atoms with van der Waals surface area (Å²) in [5, 5.41) is 5.90. The average Bonchev–Trinajstić information content (AvgIpc) is 3.33. The van der Waals surface area contributed by atoms with E-state index >= 15 is 0 Å². The van der Waals surface area contributed by atoms with Gasteiger partial charge in [-0.2, -0.15) is 26.3 Å². The molecular formula is C28H41F6N3O2. The van der Waals surface area contributed by atoms with E-state index in [0.29, 0.717) is 18.2 Å². The van der Waals surface area contributed by atoms with Gasteiger partial charge in [0.25, 0.3) is 0 Å². The Labute approximate surface area is 228 Å². The SMILES string of the molecule is C#C.C/C=C\C=C/CC.CCC(CNC)N1CCNC1=O.COC(C)c1cc(C(F)(F)F)cc(C(F)(F)F)c1. The maximum Gasteiger partial charge on any atom is 0.416 e. The summed E-state index contributed by atoms with van der Waals surface area (Å²) in [5.74, 6) is 0. The number of ether oxygens (including phenoxy) is 1. The van der Waals surface area contributed by atoms with E-state index in [1.165, 1.54) is 14.0 Å². The molecule has 1 fully saturated rings. The first-order chi connectivity index (χ1) is 18.3. The Balaban J connectivity index is 0. The number of benzene rings is 1. The lowest BCUT2D eigenvalue weighted by Gasteiger charge is -2.25. The third-order valence-electron chi connectivity index (χ3n) is 5.35. The lowest BCUT2D eigenvalue weighted by Crippen LogP contribution is -2.43. The maximum absolute atomic E-state index is 12.5. The van der Waals surface area contributed by atoms with Crippen molar-refractivity contribution in [2.45, 2.75) is 65.0 Å². The Bertz CT molecular complexity index is 863. The Hall–Kier alpha value is -2.97. The van der Waals surface area contributed by atoms with Crippen molar-refractivity contribution < 1.29 is 35.9 Å². The number of urea groups is 1. The average molecular weight is 566 g/mol. The fourth-order valence-electron chi connectivity index (χ4n) is 3.22. The van der Waals surface area contributed by atoms with Gasteiger partial charge in [0.05, 0.1) is 17.2 Å². The van der Waals surface area contributed by atoms with Crippen molar-refractivity contribution in [1.29, 1.82) is 0 Å². The molecule has 2 atom stereocenters. The van der Waals surface area contributed by atoms with Gasteiger partial charge in [-0.3, -0.25) is 0 Å². The minimum atomic E-state index is -4.83. The van der Waals surface area contributed by atoms with E-state index in [9.17, 15) is 31.1 Å². The molecule has 39 heavy (non-hydrogen) atoms. The molecule has 0 saturated carbocycles. The minimum Gasteiger partial charge on any atom is -0.377 e. The van der Waals surface area contributed by atoms with Crippen LogP contribution in [0.25, 0.3) is 0 Å². The molecule has 1 aliphatic heterocycles.